The molecule has 6 nitrogen and oxygen atoms in total. The van der Waals surface area contributed by atoms with Crippen molar-refractivity contribution in [3.63, 3.8) is 0 Å². The van der Waals surface area contributed by atoms with Crippen LogP contribution < -0.4 is 10.1 Å². The maximum absolute atomic E-state index is 13.8. The van der Waals surface area contributed by atoms with Crippen molar-refractivity contribution in [3.05, 3.63) is 71.4 Å². The minimum atomic E-state index is -0.383. The standard InChI is InChI=1S/C24H24FN5O/c1-14(2)21-13-27-30-23(21)10-22(17-6-18(25)12-26-11-17)29-24(30)28-19-7-15-4-5-20(31-3)9-16(15)8-19/h4-6,9-14,19H,7-8H2,1-3H3,(H,28,29). The van der Waals surface area contributed by atoms with Crippen molar-refractivity contribution in [1.29, 1.82) is 0 Å². The number of benzene rings is 1. The van der Waals surface area contributed by atoms with E-state index in [0.29, 0.717) is 23.1 Å². The number of aromatic nitrogens is 4. The zero-order valence-electron chi connectivity index (χ0n) is 17.8. The van der Waals surface area contributed by atoms with Crippen LogP contribution in [0.3, 0.4) is 0 Å². The van der Waals surface area contributed by atoms with Crippen LogP contribution in [0.2, 0.25) is 0 Å². The van der Waals surface area contributed by atoms with Gasteiger partial charge < -0.3 is 10.1 Å². The fourth-order valence-electron chi connectivity index (χ4n) is 4.25. The molecule has 0 saturated heterocycles. The quantitative estimate of drug-likeness (QED) is 0.512. The molecule has 1 N–H and O–H groups in total. The number of anilines is 1. The Kier molecular flexibility index (Phi) is 4.81. The maximum atomic E-state index is 13.8. The molecule has 1 aliphatic carbocycles. The van der Waals surface area contributed by atoms with E-state index in [9.17, 15) is 4.39 Å². The summed E-state index contributed by atoms with van der Waals surface area (Å²) in [6.07, 6.45) is 6.49. The number of hydrogen-bond donors (Lipinski definition) is 1. The number of nitrogens with one attached hydrogen (secondary N) is 1. The van der Waals surface area contributed by atoms with Crippen molar-refractivity contribution in [3.8, 4) is 17.0 Å². The van der Waals surface area contributed by atoms with Crippen LogP contribution in [-0.4, -0.2) is 32.7 Å². The minimum absolute atomic E-state index is 0.186. The summed E-state index contributed by atoms with van der Waals surface area (Å²) < 4.78 is 21.0. The van der Waals surface area contributed by atoms with E-state index in [2.05, 4.69) is 41.4 Å². The second-order valence-electron chi connectivity index (χ2n) is 8.29. The predicted octanol–water partition coefficient (Wildman–Crippen LogP) is 4.64. The third-order valence-corrected chi connectivity index (χ3v) is 5.84. The Balaban J connectivity index is 1.54. The summed E-state index contributed by atoms with van der Waals surface area (Å²) in [6.45, 7) is 4.27. The Morgan fingerprint density at radius 1 is 1.10 bits per heavy atom. The molecule has 0 amide bonds. The first-order chi connectivity index (χ1) is 15.0. The summed E-state index contributed by atoms with van der Waals surface area (Å²) in [4.78, 5) is 8.80. The molecule has 1 unspecified atom stereocenters. The normalized spacial score (nSPS) is 15.5. The van der Waals surface area contributed by atoms with Crippen molar-refractivity contribution in [1.82, 2.24) is 19.6 Å². The van der Waals surface area contributed by atoms with Crippen molar-refractivity contribution in [2.45, 2.75) is 38.6 Å². The molecule has 0 saturated carbocycles. The Bertz CT molecular complexity index is 1270. The van der Waals surface area contributed by atoms with Crippen molar-refractivity contribution in [2.75, 3.05) is 12.4 Å². The molecule has 0 radical (unpaired) electrons. The van der Waals surface area contributed by atoms with Crippen molar-refractivity contribution < 1.29 is 9.13 Å². The Morgan fingerprint density at radius 2 is 1.94 bits per heavy atom. The number of halogens is 1. The Hall–Kier alpha value is -3.48. The van der Waals surface area contributed by atoms with Gasteiger partial charge in [0.25, 0.3) is 0 Å². The molecule has 0 spiro atoms. The number of hydrogen-bond acceptors (Lipinski definition) is 5. The smallest absolute Gasteiger partial charge is 0.225 e. The summed E-state index contributed by atoms with van der Waals surface area (Å²) in [6, 6.07) is 9.82. The summed E-state index contributed by atoms with van der Waals surface area (Å²) in [7, 11) is 1.68. The molecule has 158 valence electrons. The summed E-state index contributed by atoms with van der Waals surface area (Å²) >= 11 is 0. The van der Waals surface area contributed by atoms with Crippen LogP contribution in [0.4, 0.5) is 10.3 Å². The fraction of sp³-hybridized carbons (Fsp3) is 0.292. The minimum Gasteiger partial charge on any atom is -0.497 e. The highest BCUT2D eigenvalue weighted by Gasteiger charge is 2.24. The molecule has 1 atom stereocenters. The predicted molar refractivity (Wildman–Crippen MR) is 118 cm³/mol. The first kappa shape index (κ1) is 19.5. The Morgan fingerprint density at radius 3 is 2.71 bits per heavy atom. The lowest BCUT2D eigenvalue weighted by molar-refractivity contribution is 0.414. The lowest BCUT2D eigenvalue weighted by Gasteiger charge is -2.16. The van der Waals surface area contributed by atoms with Gasteiger partial charge in [-0.1, -0.05) is 19.9 Å². The SMILES string of the molecule is COc1ccc2c(c1)CC(Nc1nc(-c3cncc(F)c3)cc3c(C(C)C)cnn13)C2. The molecule has 0 bridgehead atoms. The number of methoxy groups -OCH3 is 1. The van der Waals surface area contributed by atoms with Gasteiger partial charge in [-0.25, -0.2) is 13.9 Å². The number of pyridine rings is 1. The largest absolute Gasteiger partial charge is 0.497 e. The first-order valence-corrected chi connectivity index (χ1v) is 10.4. The van der Waals surface area contributed by atoms with E-state index >= 15 is 0 Å². The Labute approximate surface area is 180 Å². The molecule has 0 fully saturated rings. The van der Waals surface area contributed by atoms with Gasteiger partial charge in [0.05, 0.1) is 30.7 Å². The van der Waals surface area contributed by atoms with E-state index in [4.69, 9.17) is 9.72 Å². The van der Waals surface area contributed by atoms with E-state index in [1.165, 1.54) is 23.4 Å². The zero-order chi connectivity index (χ0) is 21.5. The summed E-state index contributed by atoms with van der Waals surface area (Å²) in [5, 5.41) is 8.17. The summed E-state index contributed by atoms with van der Waals surface area (Å²) in [5.74, 6) is 1.43. The fourth-order valence-corrected chi connectivity index (χ4v) is 4.25. The van der Waals surface area contributed by atoms with E-state index in [1.807, 2.05) is 22.8 Å². The third-order valence-electron chi connectivity index (χ3n) is 5.84. The third kappa shape index (κ3) is 3.60. The number of rotatable bonds is 5. The van der Waals surface area contributed by atoms with Gasteiger partial charge in [-0.2, -0.15) is 5.10 Å². The highest BCUT2D eigenvalue weighted by molar-refractivity contribution is 5.70. The van der Waals surface area contributed by atoms with Gasteiger partial charge in [-0.05, 0) is 54.2 Å². The average molecular weight is 417 g/mol. The molecule has 0 aliphatic heterocycles. The molecule has 31 heavy (non-hydrogen) atoms. The van der Waals surface area contributed by atoms with Crippen LogP contribution >= 0.6 is 0 Å². The van der Waals surface area contributed by atoms with Crippen LogP contribution in [0.5, 0.6) is 5.75 Å². The molecule has 4 aromatic rings. The van der Waals surface area contributed by atoms with Gasteiger partial charge in [0.15, 0.2) is 0 Å². The highest BCUT2D eigenvalue weighted by atomic mass is 19.1. The van der Waals surface area contributed by atoms with Crippen molar-refractivity contribution in [2.24, 2.45) is 0 Å². The monoisotopic (exact) mass is 417 g/mol. The number of ether oxygens (including phenoxy) is 1. The molecular formula is C24H24FN5O. The van der Waals surface area contributed by atoms with E-state index < -0.39 is 0 Å². The molecule has 3 heterocycles. The molecule has 3 aromatic heterocycles. The van der Waals surface area contributed by atoms with Gasteiger partial charge in [-0.15, -0.1) is 0 Å². The molecular weight excluding hydrogens is 393 g/mol. The van der Waals surface area contributed by atoms with E-state index in [1.54, 1.807) is 13.3 Å². The van der Waals surface area contributed by atoms with Crippen LogP contribution in [0.15, 0.2) is 48.9 Å². The van der Waals surface area contributed by atoms with E-state index in [0.717, 1.165) is 29.7 Å². The lowest BCUT2D eigenvalue weighted by Crippen LogP contribution is -2.22. The highest BCUT2D eigenvalue weighted by Crippen LogP contribution is 2.30. The van der Waals surface area contributed by atoms with Crippen LogP contribution in [-0.2, 0) is 12.8 Å². The molecule has 7 heteroatoms. The van der Waals surface area contributed by atoms with Gasteiger partial charge in [0.1, 0.15) is 11.6 Å². The van der Waals surface area contributed by atoms with Crippen LogP contribution in [0.1, 0.15) is 36.5 Å². The van der Waals surface area contributed by atoms with E-state index in [-0.39, 0.29) is 11.9 Å². The van der Waals surface area contributed by atoms with Gasteiger partial charge in [0, 0.05) is 23.4 Å². The van der Waals surface area contributed by atoms with Gasteiger partial charge in [-0.3, -0.25) is 4.98 Å². The van der Waals surface area contributed by atoms with Crippen LogP contribution in [0.25, 0.3) is 16.8 Å². The van der Waals surface area contributed by atoms with Gasteiger partial charge in [0.2, 0.25) is 5.95 Å². The number of fused-ring (bicyclic) bond motifs is 2. The first-order valence-electron chi connectivity index (χ1n) is 10.4. The van der Waals surface area contributed by atoms with Gasteiger partial charge >= 0.3 is 0 Å². The summed E-state index contributed by atoms with van der Waals surface area (Å²) in [5.41, 5.74) is 5.98. The maximum Gasteiger partial charge on any atom is 0.225 e. The molecule has 5 rings (SSSR count). The van der Waals surface area contributed by atoms with Crippen molar-refractivity contribution >= 4 is 11.5 Å². The second kappa shape index (κ2) is 7.65. The average Bonchev–Trinajstić information content (AvgIpc) is 3.36. The molecule has 1 aliphatic rings. The molecule has 1 aromatic carbocycles. The van der Waals surface area contributed by atoms with Crippen LogP contribution in [0, 0.1) is 5.82 Å². The lowest BCUT2D eigenvalue weighted by atomic mass is 10.0. The number of nitrogens with zero attached hydrogens (tertiary/aromatic N) is 4. The zero-order valence-corrected chi connectivity index (χ0v) is 17.8. The second-order valence-corrected chi connectivity index (χ2v) is 8.29. The topological polar surface area (TPSA) is 64.3 Å².